The van der Waals surface area contributed by atoms with Gasteiger partial charge in [0.2, 0.25) is 0 Å². The predicted octanol–water partition coefficient (Wildman–Crippen LogP) is 1.49. The molecule has 1 saturated heterocycles. The fraction of sp³-hybridized carbons (Fsp3) is 0.643. The molecule has 2 atom stereocenters. The second-order valence-electron chi connectivity index (χ2n) is 5.47. The summed E-state index contributed by atoms with van der Waals surface area (Å²) >= 11 is 1.52. The van der Waals surface area contributed by atoms with Gasteiger partial charge in [-0.3, -0.25) is 15.1 Å². The van der Waals surface area contributed by atoms with Gasteiger partial charge in [-0.05, 0) is 25.0 Å². The summed E-state index contributed by atoms with van der Waals surface area (Å²) in [7, 11) is 0. The van der Waals surface area contributed by atoms with Crippen LogP contribution in [0.25, 0.3) is 0 Å². The lowest BCUT2D eigenvalue weighted by Gasteiger charge is -2.43. The predicted molar refractivity (Wildman–Crippen MR) is 78.4 cm³/mol. The average molecular weight is 295 g/mol. The van der Waals surface area contributed by atoms with E-state index in [9.17, 15) is 4.79 Å². The van der Waals surface area contributed by atoms with E-state index in [4.69, 9.17) is 10.6 Å². The lowest BCUT2D eigenvalue weighted by atomic mass is 9.90. The van der Waals surface area contributed by atoms with Gasteiger partial charge in [0.1, 0.15) is 0 Å². The highest BCUT2D eigenvalue weighted by Crippen LogP contribution is 2.30. The molecule has 2 fully saturated rings. The van der Waals surface area contributed by atoms with Crippen molar-refractivity contribution < 1.29 is 9.53 Å². The highest BCUT2D eigenvalue weighted by atomic mass is 32.1. The first kappa shape index (κ1) is 14.0. The van der Waals surface area contributed by atoms with Crippen molar-refractivity contribution in [3.63, 3.8) is 0 Å². The van der Waals surface area contributed by atoms with Crippen molar-refractivity contribution in [1.29, 1.82) is 0 Å². The number of nitrogens with zero attached hydrogens (tertiary/aromatic N) is 1. The Morgan fingerprint density at radius 1 is 1.45 bits per heavy atom. The minimum absolute atomic E-state index is 0.209. The molecule has 1 aromatic heterocycles. The van der Waals surface area contributed by atoms with Gasteiger partial charge in [-0.15, -0.1) is 11.3 Å². The van der Waals surface area contributed by atoms with Gasteiger partial charge in [0.25, 0.3) is 5.91 Å². The Hall–Kier alpha value is -0.950. The number of nitrogens with one attached hydrogen (secondary N) is 1. The Kier molecular flexibility index (Phi) is 4.35. The third kappa shape index (κ3) is 2.88. The van der Waals surface area contributed by atoms with Crippen molar-refractivity contribution in [3.05, 3.63) is 21.9 Å². The standard InChI is InChI=1S/C14H21N3O2S/c15-16-14(18)13-6-5-10(20-13)9-17-7-8-19-12-4-2-1-3-11(12)17/h5-6,11-12H,1-4,7-9,15H2,(H,16,18). The largest absolute Gasteiger partial charge is 0.375 e. The topological polar surface area (TPSA) is 67.6 Å². The summed E-state index contributed by atoms with van der Waals surface area (Å²) < 4.78 is 5.89. The van der Waals surface area contributed by atoms with Gasteiger partial charge in [-0.25, -0.2) is 5.84 Å². The Bertz CT molecular complexity index is 475. The quantitative estimate of drug-likeness (QED) is 0.504. The van der Waals surface area contributed by atoms with E-state index in [-0.39, 0.29) is 5.91 Å². The molecular formula is C14H21N3O2S. The molecular weight excluding hydrogens is 274 g/mol. The molecule has 5 nitrogen and oxygen atoms in total. The summed E-state index contributed by atoms with van der Waals surface area (Å²) in [4.78, 5) is 15.9. The summed E-state index contributed by atoms with van der Waals surface area (Å²) in [5, 5.41) is 0. The number of amides is 1. The van der Waals surface area contributed by atoms with Crippen molar-refractivity contribution in [3.8, 4) is 0 Å². The zero-order valence-electron chi connectivity index (χ0n) is 11.5. The number of rotatable bonds is 3. The lowest BCUT2D eigenvalue weighted by molar-refractivity contribution is -0.0908. The summed E-state index contributed by atoms with van der Waals surface area (Å²) in [5.41, 5.74) is 2.18. The fourth-order valence-electron chi connectivity index (χ4n) is 3.23. The van der Waals surface area contributed by atoms with Crippen LogP contribution in [0, 0.1) is 0 Å². The van der Waals surface area contributed by atoms with Crippen LogP contribution in [0.5, 0.6) is 0 Å². The molecule has 2 heterocycles. The van der Waals surface area contributed by atoms with Crippen molar-refractivity contribution in [2.24, 2.45) is 5.84 Å². The molecule has 2 aliphatic rings. The fourth-order valence-corrected chi connectivity index (χ4v) is 4.17. The van der Waals surface area contributed by atoms with Crippen LogP contribution in [0.3, 0.4) is 0 Å². The van der Waals surface area contributed by atoms with Gasteiger partial charge in [0.15, 0.2) is 0 Å². The van der Waals surface area contributed by atoms with Crippen LogP contribution in [-0.4, -0.2) is 36.1 Å². The number of nitrogen functional groups attached to an aromatic ring is 1. The number of carbonyl (C=O) groups is 1. The number of hydrogen-bond donors (Lipinski definition) is 2. The zero-order valence-corrected chi connectivity index (χ0v) is 12.3. The molecule has 1 amide bonds. The third-order valence-corrected chi connectivity index (χ3v) is 5.29. The van der Waals surface area contributed by atoms with Crippen LogP contribution in [0.1, 0.15) is 40.2 Å². The van der Waals surface area contributed by atoms with E-state index < -0.39 is 0 Å². The molecule has 110 valence electrons. The Morgan fingerprint density at radius 3 is 3.15 bits per heavy atom. The highest BCUT2D eigenvalue weighted by Gasteiger charge is 2.34. The van der Waals surface area contributed by atoms with Gasteiger partial charge in [-0.2, -0.15) is 0 Å². The molecule has 0 spiro atoms. The molecule has 0 bridgehead atoms. The first-order valence-corrected chi connectivity index (χ1v) is 8.05. The maximum absolute atomic E-state index is 11.5. The second kappa shape index (κ2) is 6.22. The number of nitrogens with two attached hydrogens (primary N) is 1. The van der Waals surface area contributed by atoms with Crippen LogP contribution < -0.4 is 11.3 Å². The van der Waals surface area contributed by atoms with E-state index in [1.807, 2.05) is 12.1 Å². The van der Waals surface area contributed by atoms with Crippen molar-refractivity contribution >= 4 is 17.2 Å². The SMILES string of the molecule is NNC(=O)c1ccc(CN2CCOC3CCCCC32)s1. The molecule has 3 N–H and O–H groups in total. The maximum atomic E-state index is 11.5. The summed E-state index contributed by atoms with van der Waals surface area (Å²) in [6, 6.07) is 4.43. The van der Waals surface area contributed by atoms with Crippen LogP contribution in [0.2, 0.25) is 0 Å². The molecule has 0 aromatic carbocycles. The van der Waals surface area contributed by atoms with Gasteiger partial charge in [-0.1, -0.05) is 12.8 Å². The number of carbonyl (C=O) groups excluding carboxylic acids is 1. The van der Waals surface area contributed by atoms with Crippen LogP contribution >= 0.6 is 11.3 Å². The molecule has 3 rings (SSSR count). The van der Waals surface area contributed by atoms with Crippen LogP contribution in [0.15, 0.2) is 12.1 Å². The first-order chi connectivity index (χ1) is 9.78. The Labute approximate surface area is 123 Å². The van der Waals surface area contributed by atoms with Crippen molar-refractivity contribution in [2.45, 2.75) is 44.4 Å². The summed E-state index contributed by atoms with van der Waals surface area (Å²) in [5.74, 6) is 4.96. The van der Waals surface area contributed by atoms with E-state index in [1.165, 1.54) is 41.9 Å². The normalized spacial score (nSPS) is 27.1. The summed E-state index contributed by atoms with van der Waals surface area (Å²) in [6.07, 6.45) is 5.41. The van der Waals surface area contributed by atoms with E-state index >= 15 is 0 Å². The number of hydrazine groups is 1. The lowest BCUT2D eigenvalue weighted by Crippen LogP contribution is -2.51. The third-order valence-electron chi connectivity index (χ3n) is 4.22. The number of hydrogen-bond acceptors (Lipinski definition) is 5. The van der Waals surface area contributed by atoms with Crippen LogP contribution in [-0.2, 0) is 11.3 Å². The Balaban J connectivity index is 1.67. The molecule has 1 aromatic rings. The summed E-state index contributed by atoms with van der Waals surface area (Å²) in [6.45, 7) is 2.72. The molecule has 0 radical (unpaired) electrons. The Morgan fingerprint density at radius 2 is 2.30 bits per heavy atom. The molecule has 1 aliphatic carbocycles. The monoisotopic (exact) mass is 295 g/mol. The minimum Gasteiger partial charge on any atom is -0.375 e. The minimum atomic E-state index is -0.209. The van der Waals surface area contributed by atoms with Gasteiger partial charge in [0.05, 0.1) is 17.6 Å². The molecule has 20 heavy (non-hydrogen) atoms. The van der Waals surface area contributed by atoms with Gasteiger partial charge >= 0.3 is 0 Å². The number of morpholine rings is 1. The van der Waals surface area contributed by atoms with E-state index in [2.05, 4.69) is 10.3 Å². The number of thiophene rings is 1. The van der Waals surface area contributed by atoms with E-state index in [0.29, 0.717) is 17.0 Å². The molecule has 6 heteroatoms. The van der Waals surface area contributed by atoms with Gasteiger partial charge in [0, 0.05) is 24.0 Å². The van der Waals surface area contributed by atoms with E-state index in [0.717, 1.165) is 19.7 Å². The van der Waals surface area contributed by atoms with Gasteiger partial charge < -0.3 is 4.74 Å². The average Bonchev–Trinajstić information content (AvgIpc) is 2.95. The maximum Gasteiger partial charge on any atom is 0.275 e. The number of fused-ring (bicyclic) bond motifs is 1. The smallest absolute Gasteiger partial charge is 0.275 e. The van der Waals surface area contributed by atoms with E-state index in [1.54, 1.807) is 0 Å². The molecule has 1 aliphatic heterocycles. The van der Waals surface area contributed by atoms with Crippen LogP contribution in [0.4, 0.5) is 0 Å². The molecule has 1 saturated carbocycles. The first-order valence-electron chi connectivity index (χ1n) is 7.23. The molecule has 2 unspecified atom stereocenters. The van der Waals surface area contributed by atoms with Crippen molar-refractivity contribution in [2.75, 3.05) is 13.2 Å². The second-order valence-corrected chi connectivity index (χ2v) is 6.64. The zero-order chi connectivity index (χ0) is 13.9. The number of ether oxygens (including phenoxy) is 1. The van der Waals surface area contributed by atoms with Crippen molar-refractivity contribution in [1.82, 2.24) is 10.3 Å². The highest BCUT2D eigenvalue weighted by molar-refractivity contribution is 7.14.